The number of nitrogens with one attached hydrogen (secondary N) is 1. The van der Waals surface area contributed by atoms with Gasteiger partial charge < -0.3 is 25.1 Å². The normalized spacial score (nSPS) is 11.0. The van der Waals surface area contributed by atoms with E-state index < -0.39 is 0 Å². The number of pyridine rings is 1. The van der Waals surface area contributed by atoms with Crippen LogP contribution in [0.15, 0.2) is 54.9 Å². The summed E-state index contributed by atoms with van der Waals surface area (Å²) in [5.41, 5.74) is 11.7. The second kappa shape index (κ2) is 9.88. The standard InChI is InChI=1S/C28H25ClN6O2/c1-4-22-19(14-30)28(18-12-21(31)27(36-5-2)13-23(18)34-22)33-16-6-9-26(20(29)10-16)37-17-7-8-25-24(11-17)32-15-35(25)3/h6-13,15H,4-5,31H2,1-3H3,(H,33,34). The van der Waals surface area contributed by atoms with Gasteiger partial charge in [0.1, 0.15) is 23.3 Å². The molecule has 0 amide bonds. The van der Waals surface area contributed by atoms with Crippen molar-refractivity contribution in [3.63, 3.8) is 0 Å². The topological polar surface area (TPSA) is 111 Å². The first-order chi connectivity index (χ1) is 17.9. The molecule has 5 aromatic rings. The predicted octanol–water partition coefficient (Wildman–Crippen LogP) is 6.73. The first-order valence-electron chi connectivity index (χ1n) is 11.9. The number of imidazole rings is 1. The highest BCUT2D eigenvalue weighted by Crippen LogP contribution is 2.38. The van der Waals surface area contributed by atoms with E-state index in [0.29, 0.717) is 69.1 Å². The van der Waals surface area contributed by atoms with Crippen LogP contribution in [0.3, 0.4) is 0 Å². The average Bonchev–Trinajstić information content (AvgIpc) is 3.26. The van der Waals surface area contributed by atoms with Crippen molar-refractivity contribution in [3.05, 3.63) is 71.1 Å². The van der Waals surface area contributed by atoms with Crippen molar-refractivity contribution in [2.75, 3.05) is 17.7 Å². The van der Waals surface area contributed by atoms with Gasteiger partial charge in [0, 0.05) is 30.3 Å². The number of nitriles is 1. The van der Waals surface area contributed by atoms with Crippen LogP contribution in [0, 0.1) is 11.3 Å². The number of fused-ring (bicyclic) bond motifs is 2. The molecule has 3 aromatic carbocycles. The zero-order chi connectivity index (χ0) is 26.1. The maximum atomic E-state index is 9.98. The Morgan fingerprint density at radius 1 is 1.08 bits per heavy atom. The average molecular weight is 513 g/mol. The third-order valence-corrected chi connectivity index (χ3v) is 6.36. The number of halogens is 1. The number of hydrogen-bond donors (Lipinski definition) is 2. The Kier molecular flexibility index (Phi) is 6.47. The molecular formula is C28H25ClN6O2. The molecule has 0 saturated carbocycles. The number of benzene rings is 3. The van der Waals surface area contributed by atoms with Crippen LogP contribution < -0.4 is 20.5 Å². The first-order valence-corrected chi connectivity index (χ1v) is 12.2. The molecular weight excluding hydrogens is 488 g/mol. The summed E-state index contributed by atoms with van der Waals surface area (Å²) in [6.45, 7) is 4.35. The van der Waals surface area contributed by atoms with E-state index in [2.05, 4.69) is 16.4 Å². The van der Waals surface area contributed by atoms with Gasteiger partial charge in [-0.05, 0) is 49.7 Å². The highest BCUT2D eigenvalue weighted by Gasteiger charge is 2.17. The molecule has 0 saturated heterocycles. The minimum absolute atomic E-state index is 0.414. The summed E-state index contributed by atoms with van der Waals surface area (Å²) in [5.74, 6) is 1.70. The molecule has 8 nitrogen and oxygen atoms in total. The van der Waals surface area contributed by atoms with Crippen molar-refractivity contribution in [2.45, 2.75) is 20.3 Å². The van der Waals surface area contributed by atoms with Crippen LogP contribution in [-0.2, 0) is 13.5 Å². The van der Waals surface area contributed by atoms with Gasteiger partial charge in [0.15, 0.2) is 0 Å². The van der Waals surface area contributed by atoms with Gasteiger partial charge in [0.2, 0.25) is 0 Å². The molecule has 0 unspecified atom stereocenters. The van der Waals surface area contributed by atoms with Gasteiger partial charge in [-0.25, -0.2) is 4.98 Å². The van der Waals surface area contributed by atoms with Gasteiger partial charge in [0.25, 0.3) is 0 Å². The molecule has 0 aliphatic carbocycles. The van der Waals surface area contributed by atoms with Crippen LogP contribution >= 0.6 is 11.6 Å². The van der Waals surface area contributed by atoms with Gasteiger partial charge in [-0.3, -0.25) is 4.98 Å². The SMILES string of the molecule is CCOc1cc2nc(CC)c(C#N)c(Nc3ccc(Oc4ccc5c(c4)ncn5C)c(Cl)c3)c2cc1N. The van der Waals surface area contributed by atoms with E-state index in [-0.39, 0.29) is 0 Å². The lowest BCUT2D eigenvalue weighted by atomic mass is 10.0. The number of rotatable bonds is 7. The number of nitrogens with zero attached hydrogens (tertiary/aromatic N) is 4. The first kappa shape index (κ1) is 24.2. The summed E-state index contributed by atoms with van der Waals surface area (Å²) in [7, 11) is 1.94. The minimum atomic E-state index is 0.414. The van der Waals surface area contributed by atoms with E-state index in [1.165, 1.54) is 0 Å². The number of ether oxygens (including phenoxy) is 2. The van der Waals surface area contributed by atoms with Crippen LogP contribution in [0.5, 0.6) is 17.2 Å². The number of nitrogens with two attached hydrogens (primary N) is 1. The Morgan fingerprint density at radius 3 is 2.65 bits per heavy atom. The van der Waals surface area contributed by atoms with Crippen LogP contribution in [0.2, 0.25) is 5.02 Å². The number of anilines is 3. The molecule has 5 rings (SSSR count). The molecule has 0 atom stereocenters. The summed E-state index contributed by atoms with van der Waals surface area (Å²) < 4.78 is 13.6. The van der Waals surface area contributed by atoms with Gasteiger partial charge >= 0.3 is 0 Å². The lowest BCUT2D eigenvalue weighted by molar-refractivity contribution is 0.342. The van der Waals surface area contributed by atoms with Crippen LogP contribution in [-0.4, -0.2) is 21.1 Å². The Labute approximate surface area is 219 Å². The van der Waals surface area contributed by atoms with Gasteiger partial charge in [0.05, 0.1) is 57.1 Å². The van der Waals surface area contributed by atoms with E-state index in [1.807, 2.05) is 55.8 Å². The van der Waals surface area contributed by atoms with Crippen LogP contribution in [0.4, 0.5) is 17.1 Å². The molecule has 0 spiro atoms. The zero-order valence-corrected chi connectivity index (χ0v) is 21.4. The Bertz CT molecular complexity index is 1690. The fraction of sp³-hybridized carbons (Fsp3) is 0.179. The highest BCUT2D eigenvalue weighted by atomic mass is 35.5. The second-order valence-corrected chi connectivity index (χ2v) is 8.90. The summed E-state index contributed by atoms with van der Waals surface area (Å²) in [6, 6.07) is 17.0. The maximum absolute atomic E-state index is 9.98. The van der Waals surface area contributed by atoms with Crippen molar-refractivity contribution >= 4 is 50.6 Å². The highest BCUT2D eigenvalue weighted by molar-refractivity contribution is 6.32. The molecule has 0 fully saturated rings. The fourth-order valence-electron chi connectivity index (χ4n) is 4.26. The number of nitrogen functional groups attached to an aromatic ring is 1. The summed E-state index contributed by atoms with van der Waals surface area (Å²) in [5, 5.41) is 14.5. The van der Waals surface area contributed by atoms with Gasteiger partial charge in [-0.15, -0.1) is 0 Å². The number of aromatic nitrogens is 3. The monoisotopic (exact) mass is 512 g/mol. The molecule has 186 valence electrons. The number of hydrogen-bond acceptors (Lipinski definition) is 7. The van der Waals surface area contributed by atoms with Crippen LogP contribution in [0.1, 0.15) is 25.1 Å². The van der Waals surface area contributed by atoms with Crippen molar-refractivity contribution in [1.82, 2.24) is 14.5 Å². The molecule has 9 heteroatoms. The maximum Gasteiger partial charge on any atom is 0.146 e. The summed E-state index contributed by atoms with van der Waals surface area (Å²) >= 11 is 6.60. The molecule has 0 aliphatic rings. The van der Waals surface area contributed by atoms with Gasteiger partial charge in [-0.2, -0.15) is 5.26 Å². The minimum Gasteiger partial charge on any atom is -0.492 e. The van der Waals surface area contributed by atoms with Crippen molar-refractivity contribution < 1.29 is 9.47 Å². The second-order valence-electron chi connectivity index (χ2n) is 8.49. The molecule has 37 heavy (non-hydrogen) atoms. The van der Waals surface area contributed by atoms with Crippen LogP contribution in [0.25, 0.3) is 21.9 Å². The zero-order valence-electron chi connectivity index (χ0n) is 20.7. The number of aryl methyl sites for hydroxylation is 2. The molecule has 2 heterocycles. The molecule has 3 N–H and O–H groups in total. The van der Waals surface area contributed by atoms with E-state index in [4.69, 9.17) is 31.8 Å². The molecule has 0 bridgehead atoms. The van der Waals surface area contributed by atoms with E-state index in [9.17, 15) is 5.26 Å². The van der Waals surface area contributed by atoms with Gasteiger partial charge in [-0.1, -0.05) is 18.5 Å². The summed E-state index contributed by atoms with van der Waals surface area (Å²) in [4.78, 5) is 9.07. The molecule has 0 radical (unpaired) electrons. The Hall–Kier alpha value is -4.48. The largest absolute Gasteiger partial charge is 0.492 e. The Balaban J connectivity index is 1.50. The van der Waals surface area contributed by atoms with Crippen molar-refractivity contribution in [3.8, 4) is 23.3 Å². The lowest BCUT2D eigenvalue weighted by Crippen LogP contribution is -2.04. The predicted molar refractivity (Wildman–Crippen MR) is 147 cm³/mol. The summed E-state index contributed by atoms with van der Waals surface area (Å²) in [6.07, 6.45) is 2.35. The fourth-order valence-corrected chi connectivity index (χ4v) is 4.48. The quantitative estimate of drug-likeness (QED) is 0.233. The van der Waals surface area contributed by atoms with E-state index in [0.717, 1.165) is 16.4 Å². The van der Waals surface area contributed by atoms with E-state index >= 15 is 0 Å². The third kappa shape index (κ3) is 4.57. The lowest BCUT2D eigenvalue weighted by Gasteiger charge is -2.17. The molecule has 0 aliphatic heterocycles. The van der Waals surface area contributed by atoms with E-state index in [1.54, 1.807) is 24.5 Å². The van der Waals surface area contributed by atoms with Crippen molar-refractivity contribution in [2.24, 2.45) is 7.05 Å². The molecule has 2 aromatic heterocycles. The Morgan fingerprint density at radius 2 is 1.92 bits per heavy atom. The third-order valence-electron chi connectivity index (χ3n) is 6.06. The smallest absolute Gasteiger partial charge is 0.146 e. The van der Waals surface area contributed by atoms with Crippen molar-refractivity contribution in [1.29, 1.82) is 5.26 Å².